The molecular weight excluding hydrogens is 234 g/mol. The van der Waals surface area contributed by atoms with E-state index in [4.69, 9.17) is 18.0 Å². The molecule has 0 aliphatic carbocycles. The van der Waals surface area contributed by atoms with Crippen LogP contribution in [-0.2, 0) is 4.79 Å². The Morgan fingerprint density at radius 1 is 1.35 bits per heavy atom. The summed E-state index contributed by atoms with van der Waals surface area (Å²) in [7, 11) is 4.03. The van der Waals surface area contributed by atoms with Crippen LogP contribution >= 0.6 is 12.2 Å². The van der Waals surface area contributed by atoms with E-state index in [-0.39, 0.29) is 28.8 Å². The van der Waals surface area contributed by atoms with E-state index in [1.54, 1.807) is 0 Å². The predicted molar refractivity (Wildman–Crippen MR) is 75.9 cm³/mol. The van der Waals surface area contributed by atoms with Crippen LogP contribution < -0.4 is 11.1 Å². The molecule has 5 heteroatoms. The molecule has 0 aliphatic heterocycles. The monoisotopic (exact) mass is 259 g/mol. The van der Waals surface area contributed by atoms with Crippen molar-refractivity contribution in [1.82, 2.24) is 10.2 Å². The van der Waals surface area contributed by atoms with Gasteiger partial charge in [-0.1, -0.05) is 26.1 Å². The average Bonchev–Trinajstić information content (AvgIpc) is 2.12. The van der Waals surface area contributed by atoms with Crippen molar-refractivity contribution >= 4 is 23.1 Å². The Balaban J connectivity index is 4.26. The van der Waals surface area contributed by atoms with Gasteiger partial charge in [0.1, 0.15) is 0 Å². The SMILES string of the molecule is CC(CCN(C)C)NC(=O)C(C(N)=S)C(C)C. The molecule has 0 aromatic carbocycles. The number of hydrogen-bond acceptors (Lipinski definition) is 3. The quantitative estimate of drug-likeness (QED) is 0.670. The number of hydrogen-bond donors (Lipinski definition) is 2. The first-order valence-corrected chi connectivity index (χ1v) is 6.41. The van der Waals surface area contributed by atoms with Gasteiger partial charge in [-0.2, -0.15) is 0 Å². The molecule has 0 aromatic heterocycles. The molecule has 17 heavy (non-hydrogen) atoms. The number of nitrogens with two attached hydrogens (primary N) is 1. The van der Waals surface area contributed by atoms with E-state index < -0.39 is 0 Å². The molecule has 0 radical (unpaired) electrons. The molecular formula is C12H25N3OS. The van der Waals surface area contributed by atoms with Crippen molar-refractivity contribution in [2.24, 2.45) is 17.6 Å². The number of nitrogens with zero attached hydrogens (tertiary/aromatic N) is 1. The van der Waals surface area contributed by atoms with Crippen LogP contribution in [0.15, 0.2) is 0 Å². The van der Waals surface area contributed by atoms with Crippen LogP contribution in [-0.4, -0.2) is 42.5 Å². The van der Waals surface area contributed by atoms with E-state index >= 15 is 0 Å². The molecule has 0 heterocycles. The second kappa shape index (κ2) is 7.61. The number of carbonyl (C=O) groups excluding carboxylic acids is 1. The average molecular weight is 259 g/mol. The van der Waals surface area contributed by atoms with Crippen molar-refractivity contribution in [2.45, 2.75) is 33.2 Å². The van der Waals surface area contributed by atoms with Crippen molar-refractivity contribution in [1.29, 1.82) is 0 Å². The van der Waals surface area contributed by atoms with Gasteiger partial charge in [0.15, 0.2) is 0 Å². The molecule has 0 bridgehead atoms. The molecule has 100 valence electrons. The number of amides is 1. The molecule has 0 rings (SSSR count). The van der Waals surface area contributed by atoms with Gasteiger partial charge in [0.05, 0.1) is 10.9 Å². The normalized spacial score (nSPS) is 14.8. The molecule has 4 nitrogen and oxygen atoms in total. The fraction of sp³-hybridized carbons (Fsp3) is 0.833. The Morgan fingerprint density at radius 2 is 1.88 bits per heavy atom. The third-order valence-corrected chi connectivity index (χ3v) is 2.91. The van der Waals surface area contributed by atoms with Crippen LogP contribution in [0, 0.1) is 11.8 Å². The van der Waals surface area contributed by atoms with Gasteiger partial charge in [-0.15, -0.1) is 0 Å². The summed E-state index contributed by atoms with van der Waals surface area (Å²) in [5.41, 5.74) is 5.60. The fourth-order valence-electron chi connectivity index (χ4n) is 1.62. The van der Waals surface area contributed by atoms with E-state index in [9.17, 15) is 4.79 Å². The van der Waals surface area contributed by atoms with Crippen LogP contribution in [0.4, 0.5) is 0 Å². The highest BCUT2D eigenvalue weighted by atomic mass is 32.1. The first-order valence-electron chi connectivity index (χ1n) is 6.00. The highest BCUT2D eigenvalue weighted by molar-refractivity contribution is 7.80. The van der Waals surface area contributed by atoms with Crippen LogP contribution in [0.2, 0.25) is 0 Å². The van der Waals surface area contributed by atoms with E-state index in [0.717, 1.165) is 13.0 Å². The summed E-state index contributed by atoms with van der Waals surface area (Å²) in [6.45, 7) is 6.85. The van der Waals surface area contributed by atoms with Crippen LogP contribution in [0.5, 0.6) is 0 Å². The van der Waals surface area contributed by atoms with Crippen molar-refractivity contribution in [3.05, 3.63) is 0 Å². The van der Waals surface area contributed by atoms with E-state index in [1.165, 1.54) is 0 Å². The summed E-state index contributed by atoms with van der Waals surface area (Å²) < 4.78 is 0. The number of carbonyl (C=O) groups is 1. The Morgan fingerprint density at radius 3 is 2.24 bits per heavy atom. The highest BCUT2D eigenvalue weighted by Crippen LogP contribution is 2.12. The lowest BCUT2D eigenvalue weighted by Crippen LogP contribution is -2.44. The molecule has 0 saturated heterocycles. The van der Waals surface area contributed by atoms with Crippen molar-refractivity contribution in [3.63, 3.8) is 0 Å². The first-order chi connectivity index (χ1) is 7.75. The van der Waals surface area contributed by atoms with Crippen molar-refractivity contribution in [3.8, 4) is 0 Å². The molecule has 3 N–H and O–H groups in total. The maximum Gasteiger partial charge on any atom is 0.230 e. The van der Waals surface area contributed by atoms with Gasteiger partial charge in [-0.25, -0.2) is 0 Å². The second-order valence-corrected chi connectivity index (χ2v) is 5.60. The minimum Gasteiger partial charge on any atom is -0.393 e. The third kappa shape index (κ3) is 6.58. The lowest BCUT2D eigenvalue weighted by Gasteiger charge is -2.22. The molecule has 0 fully saturated rings. The lowest BCUT2D eigenvalue weighted by atomic mass is 9.94. The summed E-state index contributed by atoms with van der Waals surface area (Å²) in [6.07, 6.45) is 0.918. The maximum absolute atomic E-state index is 12.0. The number of rotatable bonds is 7. The highest BCUT2D eigenvalue weighted by Gasteiger charge is 2.25. The summed E-state index contributed by atoms with van der Waals surface area (Å²) in [6, 6.07) is 0.139. The van der Waals surface area contributed by atoms with Gasteiger partial charge in [0, 0.05) is 6.04 Å². The second-order valence-electron chi connectivity index (χ2n) is 5.13. The zero-order valence-electron chi connectivity index (χ0n) is 11.5. The Kier molecular flexibility index (Phi) is 7.30. The Labute approximate surface area is 110 Å². The van der Waals surface area contributed by atoms with Crippen LogP contribution in [0.1, 0.15) is 27.2 Å². The third-order valence-electron chi connectivity index (χ3n) is 2.65. The number of thiocarbonyl (C=S) groups is 1. The van der Waals surface area contributed by atoms with Gasteiger partial charge in [0.25, 0.3) is 0 Å². The van der Waals surface area contributed by atoms with E-state index in [1.807, 2.05) is 34.9 Å². The smallest absolute Gasteiger partial charge is 0.230 e. The molecule has 0 saturated carbocycles. The van der Waals surface area contributed by atoms with Crippen molar-refractivity contribution in [2.75, 3.05) is 20.6 Å². The zero-order valence-corrected chi connectivity index (χ0v) is 12.3. The standard InChI is InChI=1S/C12H25N3OS/c1-8(2)10(11(13)17)12(16)14-9(3)6-7-15(4)5/h8-10H,6-7H2,1-5H3,(H2,13,17)(H,14,16). The largest absolute Gasteiger partial charge is 0.393 e. The molecule has 0 aliphatic rings. The zero-order chi connectivity index (χ0) is 13.6. The first kappa shape index (κ1) is 16.3. The van der Waals surface area contributed by atoms with Gasteiger partial charge in [-0.05, 0) is 39.9 Å². The topological polar surface area (TPSA) is 58.4 Å². The maximum atomic E-state index is 12.0. The summed E-state index contributed by atoms with van der Waals surface area (Å²) in [4.78, 5) is 14.4. The van der Waals surface area contributed by atoms with Crippen molar-refractivity contribution < 1.29 is 4.79 Å². The Hall–Kier alpha value is -0.680. The summed E-state index contributed by atoms with van der Waals surface area (Å²) in [5, 5.41) is 2.96. The molecule has 1 amide bonds. The minimum absolute atomic E-state index is 0.0567. The van der Waals surface area contributed by atoms with E-state index in [2.05, 4.69) is 10.2 Å². The molecule has 0 aromatic rings. The fourth-order valence-corrected chi connectivity index (χ4v) is 2.00. The molecule has 0 spiro atoms. The van der Waals surface area contributed by atoms with Gasteiger partial charge in [-0.3, -0.25) is 4.79 Å². The molecule has 2 atom stereocenters. The van der Waals surface area contributed by atoms with Gasteiger partial charge < -0.3 is 16.0 Å². The Bertz CT molecular complexity index is 266. The number of nitrogens with one attached hydrogen (secondary N) is 1. The predicted octanol–water partition coefficient (Wildman–Crippen LogP) is 1.00. The van der Waals surface area contributed by atoms with Gasteiger partial charge >= 0.3 is 0 Å². The van der Waals surface area contributed by atoms with Crippen LogP contribution in [0.3, 0.4) is 0 Å². The summed E-state index contributed by atoms with van der Waals surface area (Å²) >= 11 is 4.94. The van der Waals surface area contributed by atoms with E-state index in [0.29, 0.717) is 0 Å². The molecule has 2 unspecified atom stereocenters. The van der Waals surface area contributed by atoms with Gasteiger partial charge in [0.2, 0.25) is 5.91 Å². The van der Waals surface area contributed by atoms with Crippen LogP contribution in [0.25, 0.3) is 0 Å². The minimum atomic E-state index is -0.369. The summed E-state index contributed by atoms with van der Waals surface area (Å²) in [5.74, 6) is -0.292. The lowest BCUT2D eigenvalue weighted by molar-refractivity contribution is -0.124.